The zero-order valence-corrected chi connectivity index (χ0v) is 12.5. The maximum Gasteiger partial charge on any atom is 0.00966 e. The molecule has 0 unspecified atom stereocenters. The van der Waals surface area contributed by atoms with Gasteiger partial charge in [0.15, 0.2) is 0 Å². The third-order valence-corrected chi connectivity index (χ3v) is 3.06. The molecule has 0 aliphatic carbocycles. The lowest BCUT2D eigenvalue weighted by molar-refractivity contribution is 0.431. The molecule has 0 aliphatic heterocycles. The SMILES string of the molecule is Cc1ccc(CC=CCCNC(C)(C)C)cc1C. The molecule has 0 heterocycles. The van der Waals surface area contributed by atoms with Crippen molar-refractivity contribution in [1.82, 2.24) is 5.32 Å². The maximum absolute atomic E-state index is 3.49. The summed E-state index contributed by atoms with van der Waals surface area (Å²) in [5.41, 5.74) is 4.38. The van der Waals surface area contributed by atoms with E-state index in [0.717, 1.165) is 19.4 Å². The number of aryl methyl sites for hydroxylation is 2. The Morgan fingerprint density at radius 1 is 1.06 bits per heavy atom. The maximum atomic E-state index is 3.49. The first-order valence-corrected chi connectivity index (χ1v) is 6.84. The summed E-state index contributed by atoms with van der Waals surface area (Å²) in [5.74, 6) is 0. The van der Waals surface area contributed by atoms with Crippen molar-refractivity contribution < 1.29 is 0 Å². The van der Waals surface area contributed by atoms with E-state index in [1.165, 1.54) is 16.7 Å². The van der Waals surface area contributed by atoms with E-state index in [9.17, 15) is 0 Å². The Hall–Kier alpha value is -1.08. The van der Waals surface area contributed by atoms with E-state index >= 15 is 0 Å². The van der Waals surface area contributed by atoms with Crippen LogP contribution in [0.25, 0.3) is 0 Å². The first-order valence-electron chi connectivity index (χ1n) is 6.84. The van der Waals surface area contributed by atoms with Crippen molar-refractivity contribution in [2.75, 3.05) is 6.54 Å². The van der Waals surface area contributed by atoms with E-state index in [1.54, 1.807) is 0 Å². The summed E-state index contributed by atoms with van der Waals surface area (Å²) in [7, 11) is 0. The number of hydrogen-bond donors (Lipinski definition) is 1. The van der Waals surface area contributed by atoms with Gasteiger partial charge in [-0.1, -0.05) is 30.4 Å². The van der Waals surface area contributed by atoms with Gasteiger partial charge in [0.05, 0.1) is 0 Å². The predicted molar refractivity (Wildman–Crippen MR) is 81.1 cm³/mol. The van der Waals surface area contributed by atoms with Crippen LogP contribution in [0.4, 0.5) is 0 Å². The number of hydrogen-bond acceptors (Lipinski definition) is 1. The highest BCUT2D eigenvalue weighted by Gasteiger charge is 2.06. The minimum Gasteiger partial charge on any atom is -0.312 e. The fraction of sp³-hybridized carbons (Fsp3) is 0.529. The topological polar surface area (TPSA) is 12.0 Å². The van der Waals surface area contributed by atoms with Crippen LogP contribution in [0, 0.1) is 13.8 Å². The Kier molecular flexibility index (Phi) is 5.61. The molecule has 0 spiro atoms. The molecule has 0 saturated carbocycles. The Bertz CT molecular complexity index is 397. The van der Waals surface area contributed by atoms with Gasteiger partial charge in [-0.3, -0.25) is 0 Å². The molecule has 1 nitrogen and oxygen atoms in total. The van der Waals surface area contributed by atoms with Crippen LogP contribution in [0.15, 0.2) is 30.4 Å². The summed E-state index contributed by atoms with van der Waals surface area (Å²) in [6.45, 7) is 12.0. The zero-order valence-electron chi connectivity index (χ0n) is 12.5. The molecular weight excluding hydrogens is 218 g/mol. The molecule has 0 saturated heterocycles. The number of allylic oxidation sites excluding steroid dienone is 1. The molecule has 1 aromatic rings. The van der Waals surface area contributed by atoms with Gasteiger partial charge in [0.2, 0.25) is 0 Å². The molecule has 0 bridgehead atoms. The first-order chi connectivity index (χ1) is 8.38. The number of nitrogens with one attached hydrogen (secondary N) is 1. The van der Waals surface area contributed by atoms with Crippen LogP contribution >= 0.6 is 0 Å². The average molecular weight is 245 g/mol. The Morgan fingerprint density at radius 2 is 1.78 bits per heavy atom. The molecule has 0 fully saturated rings. The van der Waals surface area contributed by atoms with E-state index in [1.807, 2.05) is 0 Å². The van der Waals surface area contributed by atoms with Gasteiger partial charge in [0.1, 0.15) is 0 Å². The zero-order chi connectivity index (χ0) is 13.6. The van der Waals surface area contributed by atoms with Crippen LogP contribution in [0.2, 0.25) is 0 Å². The van der Waals surface area contributed by atoms with Crippen molar-refractivity contribution in [2.24, 2.45) is 0 Å². The largest absolute Gasteiger partial charge is 0.312 e. The summed E-state index contributed by atoms with van der Waals surface area (Å²) in [5, 5.41) is 3.49. The molecule has 0 atom stereocenters. The number of benzene rings is 1. The van der Waals surface area contributed by atoms with Crippen molar-refractivity contribution in [1.29, 1.82) is 0 Å². The van der Waals surface area contributed by atoms with Crippen LogP contribution in [-0.2, 0) is 6.42 Å². The Morgan fingerprint density at radius 3 is 2.39 bits per heavy atom. The van der Waals surface area contributed by atoms with Gasteiger partial charge in [0, 0.05) is 5.54 Å². The standard InChI is InChI=1S/C17H27N/c1-14-10-11-16(13-15(14)2)9-7-6-8-12-18-17(3,4)5/h6-7,10-11,13,18H,8-9,12H2,1-5H3. The van der Waals surface area contributed by atoms with Crippen molar-refractivity contribution in [3.63, 3.8) is 0 Å². The van der Waals surface area contributed by atoms with Gasteiger partial charge in [-0.05, 0) is 70.7 Å². The van der Waals surface area contributed by atoms with E-state index < -0.39 is 0 Å². The smallest absolute Gasteiger partial charge is 0.00966 e. The first kappa shape index (κ1) is 15.0. The van der Waals surface area contributed by atoms with E-state index in [4.69, 9.17) is 0 Å². The van der Waals surface area contributed by atoms with Gasteiger partial charge < -0.3 is 5.32 Å². The highest BCUT2D eigenvalue weighted by atomic mass is 14.9. The van der Waals surface area contributed by atoms with Crippen LogP contribution in [0.1, 0.15) is 43.9 Å². The summed E-state index contributed by atoms with van der Waals surface area (Å²) < 4.78 is 0. The molecule has 1 rings (SSSR count). The van der Waals surface area contributed by atoms with Gasteiger partial charge in [-0.15, -0.1) is 0 Å². The minimum absolute atomic E-state index is 0.224. The second-order valence-corrected chi connectivity index (χ2v) is 6.06. The molecule has 1 aromatic carbocycles. The van der Waals surface area contributed by atoms with Crippen LogP contribution in [0.3, 0.4) is 0 Å². The fourth-order valence-electron chi connectivity index (χ4n) is 1.80. The summed E-state index contributed by atoms with van der Waals surface area (Å²) in [6.07, 6.45) is 6.68. The second kappa shape index (κ2) is 6.75. The quantitative estimate of drug-likeness (QED) is 0.606. The molecule has 1 N–H and O–H groups in total. The van der Waals surface area contributed by atoms with E-state index in [2.05, 4.69) is 70.3 Å². The van der Waals surface area contributed by atoms with Crippen molar-refractivity contribution in [2.45, 2.75) is 53.0 Å². The molecule has 0 amide bonds. The van der Waals surface area contributed by atoms with Gasteiger partial charge in [-0.2, -0.15) is 0 Å². The third-order valence-electron chi connectivity index (χ3n) is 3.06. The fourth-order valence-corrected chi connectivity index (χ4v) is 1.80. The Labute approximate surface area is 112 Å². The molecule has 18 heavy (non-hydrogen) atoms. The molecule has 0 aromatic heterocycles. The highest BCUT2D eigenvalue weighted by molar-refractivity contribution is 5.30. The van der Waals surface area contributed by atoms with Crippen LogP contribution < -0.4 is 5.32 Å². The van der Waals surface area contributed by atoms with Gasteiger partial charge in [0.25, 0.3) is 0 Å². The normalized spacial score (nSPS) is 12.3. The molecular formula is C17H27N. The summed E-state index contributed by atoms with van der Waals surface area (Å²) in [6, 6.07) is 6.72. The predicted octanol–water partition coefficient (Wildman–Crippen LogP) is 4.18. The highest BCUT2D eigenvalue weighted by Crippen LogP contribution is 2.10. The third kappa shape index (κ3) is 6.02. The summed E-state index contributed by atoms with van der Waals surface area (Å²) >= 11 is 0. The van der Waals surface area contributed by atoms with Crippen LogP contribution in [0.5, 0.6) is 0 Å². The van der Waals surface area contributed by atoms with E-state index in [-0.39, 0.29) is 5.54 Å². The van der Waals surface area contributed by atoms with Gasteiger partial charge in [-0.25, -0.2) is 0 Å². The van der Waals surface area contributed by atoms with Crippen molar-refractivity contribution in [3.05, 3.63) is 47.0 Å². The lowest BCUT2D eigenvalue weighted by Crippen LogP contribution is -2.36. The average Bonchev–Trinajstić information content (AvgIpc) is 2.26. The molecule has 0 aliphatic rings. The lowest BCUT2D eigenvalue weighted by atomic mass is 10.0. The van der Waals surface area contributed by atoms with Crippen molar-refractivity contribution >= 4 is 0 Å². The lowest BCUT2D eigenvalue weighted by Gasteiger charge is -2.19. The van der Waals surface area contributed by atoms with Crippen molar-refractivity contribution in [3.8, 4) is 0 Å². The van der Waals surface area contributed by atoms with E-state index in [0.29, 0.717) is 0 Å². The van der Waals surface area contributed by atoms with Crippen LogP contribution in [-0.4, -0.2) is 12.1 Å². The number of rotatable bonds is 5. The minimum atomic E-state index is 0.224. The molecule has 0 radical (unpaired) electrons. The summed E-state index contributed by atoms with van der Waals surface area (Å²) in [4.78, 5) is 0. The van der Waals surface area contributed by atoms with Gasteiger partial charge >= 0.3 is 0 Å². The monoisotopic (exact) mass is 245 g/mol. The Balaban J connectivity index is 2.30. The second-order valence-electron chi connectivity index (χ2n) is 6.06. The molecule has 100 valence electrons. The molecule has 1 heteroatoms.